The van der Waals surface area contributed by atoms with Crippen LogP contribution in [0.2, 0.25) is 0 Å². The van der Waals surface area contributed by atoms with Crippen molar-refractivity contribution in [2.75, 3.05) is 44.2 Å². The van der Waals surface area contributed by atoms with Crippen molar-refractivity contribution in [3.8, 4) is 0 Å². The summed E-state index contributed by atoms with van der Waals surface area (Å²) in [4.78, 5) is 30.9. The lowest BCUT2D eigenvalue weighted by molar-refractivity contribution is -0.145. The highest BCUT2D eigenvalue weighted by molar-refractivity contribution is 5.87. The molecule has 0 bridgehead atoms. The molecule has 0 aromatic heterocycles. The highest BCUT2D eigenvalue weighted by Crippen LogP contribution is 2.45. The third kappa shape index (κ3) is 6.46. The zero-order valence-electron chi connectivity index (χ0n) is 26.0. The molecule has 3 fully saturated rings. The fourth-order valence-corrected chi connectivity index (χ4v) is 7.08. The molecule has 2 aromatic carbocycles. The number of carbonyl (C=O) groups excluding carboxylic acids is 1. The van der Waals surface area contributed by atoms with Gasteiger partial charge in [-0.05, 0) is 82.6 Å². The smallest absolute Gasteiger partial charge is 0.416 e. The Bertz CT molecular complexity index is 1360. The van der Waals surface area contributed by atoms with E-state index >= 15 is 4.39 Å². The van der Waals surface area contributed by atoms with E-state index in [1.54, 1.807) is 4.90 Å². The van der Waals surface area contributed by atoms with Gasteiger partial charge >= 0.3 is 12.1 Å². The second-order valence-corrected chi connectivity index (χ2v) is 13.8. The topological polar surface area (TPSA) is 64.1 Å². The van der Waals surface area contributed by atoms with Crippen molar-refractivity contribution in [3.63, 3.8) is 0 Å². The van der Waals surface area contributed by atoms with Crippen LogP contribution in [-0.2, 0) is 15.8 Å². The minimum absolute atomic E-state index is 0.00313. The van der Waals surface area contributed by atoms with E-state index in [9.17, 15) is 27.9 Å². The molecule has 240 valence electrons. The summed E-state index contributed by atoms with van der Waals surface area (Å²) < 4.78 is 58.2. The predicted molar refractivity (Wildman–Crippen MR) is 162 cm³/mol. The largest absolute Gasteiger partial charge is 0.481 e. The summed E-state index contributed by atoms with van der Waals surface area (Å²) in [6, 6.07) is 11.5. The lowest BCUT2D eigenvalue weighted by Gasteiger charge is -2.39. The maximum atomic E-state index is 17.1. The molecule has 0 aliphatic carbocycles. The highest BCUT2D eigenvalue weighted by Gasteiger charge is 2.57. The van der Waals surface area contributed by atoms with E-state index in [0.29, 0.717) is 64.1 Å². The first-order valence-corrected chi connectivity index (χ1v) is 15.6. The van der Waals surface area contributed by atoms with E-state index in [2.05, 4.69) is 0 Å². The van der Waals surface area contributed by atoms with Gasteiger partial charge in [-0.1, -0.05) is 35.9 Å². The zero-order chi connectivity index (χ0) is 32.0. The Morgan fingerprint density at radius 1 is 0.909 bits per heavy atom. The molecule has 3 aliphatic heterocycles. The normalized spacial score (nSPS) is 24.6. The van der Waals surface area contributed by atoms with Gasteiger partial charge in [-0.2, -0.15) is 13.2 Å². The van der Waals surface area contributed by atoms with Crippen LogP contribution in [0.5, 0.6) is 0 Å². The summed E-state index contributed by atoms with van der Waals surface area (Å²) >= 11 is 0. The monoisotopic (exact) mass is 617 g/mol. The van der Waals surface area contributed by atoms with Crippen molar-refractivity contribution in [2.45, 2.75) is 82.6 Å². The van der Waals surface area contributed by atoms with Crippen LogP contribution in [0.3, 0.4) is 0 Å². The van der Waals surface area contributed by atoms with E-state index in [1.165, 1.54) is 12.1 Å². The van der Waals surface area contributed by atoms with Crippen LogP contribution in [-0.4, -0.2) is 77.3 Å². The molecule has 2 aromatic rings. The average molecular weight is 618 g/mol. The zero-order valence-corrected chi connectivity index (χ0v) is 26.0. The molecular formula is C34H43F4N3O3. The predicted octanol–water partition coefficient (Wildman–Crippen LogP) is 6.63. The van der Waals surface area contributed by atoms with Crippen molar-refractivity contribution in [1.29, 1.82) is 0 Å². The number of aliphatic carboxylic acids is 1. The number of hydrogen-bond acceptors (Lipinski definition) is 4. The van der Waals surface area contributed by atoms with Crippen molar-refractivity contribution < 1.29 is 32.3 Å². The standard InChI is InChI=1S/C34H43F4N3O3/c1-22-5-7-24(8-6-22)28-20-41(32(2,3)4)21-33(28,35)31(44)40-17-11-23(12-18-40)27-10-9-26(34(36,37)38)19-29(27)39-15-13-25(14-16-39)30(42)43/h5-10,19,23,25,28H,11-18,20-21H2,1-4H3,(H,42,43)/t28-,33-/m0/s1. The van der Waals surface area contributed by atoms with Gasteiger partial charge in [0.25, 0.3) is 5.91 Å². The van der Waals surface area contributed by atoms with Crippen LogP contribution in [0, 0.1) is 12.8 Å². The summed E-state index contributed by atoms with van der Waals surface area (Å²) in [6.45, 7) is 9.81. The quantitative estimate of drug-likeness (QED) is 0.382. The number of likely N-dealkylation sites (tertiary alicyclic amines) is 2. The van der Waals surface area contributed by atoms with Crippen LogP contribution >= 0.6 is 0 Å². The SMILES string of the molecule is Cc1ccc([C@@H]2CN(C(C)(C)C)C[C@@]2(F)C(=O)N2CCC(c3ccc(C(F)(F)F)cc3N3CCC(C(=O)O)CC3)CC2)cc1. The fourth-order valence-electron chi connectivity index (χ4n) is 7.08. The van der Waals surface area contributed by atoms with Gasteiger partial charge in [-0.3, -0.25) is 14.5 Å². The maximum absolute atomic E-state index is 17.1. The van der Waals surface area contributed by atoms with Crippen molar-refractivity contribution >= 4 is 17.6 Å². The summed E-state index contributed by atoms with van der Waals surface area (Å²) in [7, 11) is 0. The van der Waals surface area contributed by atoms with Crippen molar-refractivity contribution in [2.24, 2.45) is 5.92 Å². The Hall–Kier alpha value is -3.14. The number of piperidine rings is 2. The van der Waals surface area contributed by atoms with Gasteiger partial charge in [0.2, 0.25) is 5.67 Å². The molecule has 3 heterocycles. The van der Waals surface area contributed by atoms with Crippen molar-refractivity contribution in [3.05, 3.63) is 64.7 Å². The summed E-state index contributed by atoms with van der Waals surface area (Å²) in [5.41, 5.74) is -0.0426. The van der Waals surface area contributed by atoms with Gasteiger partial charge in [0.05, 0.1) is 11.5 Å². The number of carboxylic acids is 1. The first kappa shape index (κ1) is 32.3. The molecule has 3 aliphatic rings. The summed E-state index contributed by atoms with van der Waals surface area (Å²) in [5.74, 6) is -2.61. The van der Waals surface area contributed by atoms with Gasteiger partial charge < -0.3 is 14.9 Å². The Balaban J connectivity index is 1.35. The Kier molecular flexibility index (Phi) is 8.79. The Morgan fingerprint density at radius 3 is 2.07 bits per heavy atom. The highest BCUT2D eigenvalue weighted by atomic mass is 19.4. The van der Waals surface area contributed by atoms with Gasteiger partial charge in [-0.15, -0.1) is 0 Å². The van der Waals surface area contributed by atoms with Gasteiger partial charge in [0.15, 0.2) is 0 Å². The molecule has 6 nitrogen and oxygen atoms in total. The van der Waals surface area contributed by atoms with Gasteiger partial charge in [0, 0.05) is 56.4 Å². The van der Waals surface area contributed by atoms with E-state index in [1.807, 2.05) is 61.8 Å². The van der Waals surface area contributed by atoms with Crippen LogP contribution in [0.1, 0.15) is 80.5 Å². The lowest BCUT2D eigenvalue weighted by atomic mass is 9.83. The number of carboxylic acid groups (broad SMARTS) is 1. The summed E-state index contributed by atoms with van der Waals surface area (Å²) in [5, 5.41) is 9.39. The first-order valence-electron chi connectivity index (χ1n) is 15.6. The third-order valence-electron chi connectivity index (χ3n) is 9.92. The van der Waals surface area contributed by atoms with Crippen molar-refractivity contribution in [1.82, 2.24) is 9.80 Å². The second-order valence-electron chi connectivity index (χ2n) is 13.8. The molecule has 44 heavy (non-hydrogen) atoms. The Labute approximate surface area is 257 Å². The molecule has 3 saturated heterocycles. The molecule has 10 heteroatoms. The number of halogens is 4. The van der Waals surface area contributed by atoms with E-state index < -0.39 is 41.1 Å². The van der Waals surface area contributed by atoms with E-state index in [4.69, 9.17) is 0 Å². The number of benzene rings is 2. The fraction of sp³-hybridized carbons (Fsp3) is 0.588. The number of amides is 1. The Morgan fingerprint density at radius 2 is 1.52 bits per heavy atom. The average Bonchev–Trinajstić information content (AvgIpc) is 3.35. The number of rotatable bonds is 5. The molecule has 2 atom stereocenters. The molecular weight excluding hydrogens is 574 g/mol. The number of hydrogen-bond donors (Lipinski definition) is 1. The number of alkyl halides is 4. The number of nitrogens with zero attached hydrogens (tertiary/aromatic N) is 3. The molecule has 5 rings (SSSR count). The molecule has 0 unspecified atom stereocenters. The van der Waals surface area contributed by atoms with E-state index in [0.717, 1.165) is 22.8 Å². The lowest BCUT2D eigenvalue weighted by Crippen LogP contribution is -2.53. The maximum Gasteiger partial charge on any atom is 0.416 e. The second kappa shape index (κ2) is 12.0. The molecule has 1 amide bonds. The van der Waals surface area contributed by atoms with E-state index in [-0.39, 0.29) is 18.0 Å². The minimum atomic E-state index is -4.51. The van der Waals surface area contributed by atoms with Crippen LogP contribution < -0.4 is 4.90 Å². The van der Waals surface area contributed by atoms with Gasteiger partial charge in [-0.25, -0.2) is 4.39 Å². The molecule has 0 spiro atoms. The van der Waals surface area contributed by atoms with Crippen LogP contribution in [0.25, 0.3) is 0 Å². The molecule has 0 radical (unpaired) electrons. The third-order valence-corrected chi connectivity index (χ3v) is 9.92. The number of aryl methyl sites for hydroxylation is 1. The first-order chi connectivity index (χ1) is 20.6. The minimum Gasteiger partial charge on any atom is -0.481 e. The number of carbonyl (C=O) groups is 2. The van der Waals surface area contributed by atoms with Crippen LogP contribution in [0.15, 0.2) is 42.5 Å². The summed E-state index contributed by atoms with van der Waals surface area (Å²) in [6.07, 6.45) is -2.77. The van der Waals surface area contributed by atoms with Crippen LogP contribution in [0.4, 0.5) is 23.2 Å². The number of anilines is 1. The molecule has 0 saturated carbocycles. The molecule has 1 N–H and O–H groups in total. The van der Waals surface area contributed by atoms with Gasteiger partial charge in [0.1, 0.15) is 0 Å².